The Labute approximate surface area is 841 Å². The molecule has 20 unspecified atom stereocenters. The average molecular weight is 2050 g/mol. The van der Waals surface area contributed by atoms with Crippen molar-refractivity contribution in [1.82, 2.24) is 30.0 Å². The van der Waals surface area contributed by atoms with Crippen LogP contribution in [0.25, 0.3) is 0 Å². The first-order valence-electron chi connectivity index (χ1n) is 47.5. The maximum atomic E-state index is 13.4. The number of para-hydroxylation sites is 2. The first kappa shape index (κ1) is 113. The van der Waals surface area contributed by atoms with Crippen LogP contribution in [-0.4, -0.2) is 287 Å². The fourth-order valence-corrected chi connectivity index (χ4v) is 17.4. The van der Waals surface area contributed by atoms with E-state index in [4.69, 9.17) is 123 Å². The third-order valence-corrected chi connectivity index (χ3v) is 22.3. The van der Waals surface area contributed by atoms with Crippen LogP contribution in [0.1, 0.15) is 219 Å². The summed E-state index contributed by atoms with van der Waals surface area (Å²) in [6, 6.07) is 20.0. The molecule has 6 heterocycles. The molecule has 4 aliphatic heterocycles. The Kier molecular flexibility index (Phi) is 39.9. The second-order valence-electron chi connectivity index (χ2n) is 36.4. The zero-order valence-corrected chi connectivity index (χ0v) is 85.3. The van der Waals surface area contributed by atoms with Crippen molar-refractivity contribution < 1.29 is 190 Å². The van der Waals surface area contributed by atoms with Crippen molar-refractivity contribution in [3.63, 3.8) is 0 Å². The summed E-state index contributed by atoms with van der Waals surface area (Å²) in [6.07, 6.45) is -31.4. The Balaban J connectivity index is 0.915. The van der Waals surface area contributed by atoms with Crippen LogP contribution < -0.4 is 18.9 Å². The predicted octanol–water partition coefficient (Wildman–Crippen LogP) is 7.06. The fourth-order valence-electron chi connectivity index (χ4n) is 17.4. The van der Waals surface area contributed by atoms with Crippen molar-refractivity contribution >= 4 is 83.6 Å². The van der Waals surface area contributed by atoms with Gasteiger partial charge in [-0.05, 0) is 135 Å². The standard InChI is InChI=1S/C100H126N6O40/c1-47(2)127-81-67-25-23-26-68(81)34-72-30-66(38-106-40-76(102-104-106)42-126-98-94(138-62(20)118)92(136-60(18)116)88(80(142-98)46-124-54(12)110)146-100-96(140-64(22)120)90(134-58(16)114)86(132-56(14)112)78(144-100)44-122-52(10)108)32-74(84(72)130-50(7)8)36-70-28-24-27-69(82(70)128-48(3)4)35-73-31-65(29-71(33-67)83(73)129-49(5)6)37-105-39-75(101-103-105)41-125-97-93(137-61(19)117)91(135-59(17)115)87(79(141-97)45-123-53(11)109)145-99-95(139-63(21)119)89(133-57(15)113)85(131-55(13)111)77(143-99)43-121-51(9)107/h23-32,39-40,47-50,77-80,85-100H,33-38,41-46H2,1-22H3. The van der Waals surface area contributed by atoms with Crippen LogP contribution in [0.15, 0.2) is 73.1 Å². The second-order valence-corrected chi connectivity index (χ2v) is 36.4. The summed E-state index contributed by atoms with van der Waals surface area (Å²) in [5.74, 6) is -10.3. The summed E-state index contributed by atoms with van der Waals surface area (Å²) in [7, 11) is 0. The van der Waals surface area contributed by atoms with E-state index in [0.29, 0.717) is 23.0 Å². The number of hydrogen-bond acceptors (Lipinski definition) is 44. The number of rotatable bonds is 40. The van der Waals surface area contributed by atoms with Crippen molar-refractivity contribution in [2.24, 2.45) is 0 Å². The molecule has 4 aromatic carbocycles. The number of carbonyl (C=O) groups excluding carboxylic acids is 14. The molecule has 0 saturated carbocycles. The van der Waals surface area contributed by atoms with Gasteiger partial charge < -0.3 is 123 Å². The lowest BCUT2D eigenvalue weighted by Crippen LogP contribution is -2.67. The highest BCUT2D eigenvalue weighted by Crippen LogP contribution is 2.45. The van der Waals surface area contributed by atoms with Crippen LogP contribution in [0, 0.1) is 0 Å². The number of carbonyl (C=O) groups is 14. The molecule has 0 amide bonds. The molecule has 4 fully saturated rings. The number of benzene rings is 4. The molecule has 5 aliphatic rings. The molecule has 46 nitrogen and oxygen atoms in total. The van der Waals surface area contributed by atoms with E-state index in [1.165, 1.54) is 0 Å². The van der Waals surface area contributed by atoms with E-state index in [1.807, 2.05) is 116 Å². The molecule has 8 bridgehead atoms. The Hall–Kier alpha value is -13.4. The SMILES string of the molecule is CC(=O)OCC1OC(OC2C(COC(C)=O)OC(OCc3cn(Cc4cc5c(OC(C)C)c(c4)Cc4cccc(c4OC(C)C)Cc4cc(Cn6cc(COC7OC(COC(C)=O)C(OC8OC(COC(C)=O)C(OC(C)=O)C(OC(C)=O)C8OC(C)=O)C(OC(C)=O)C7OC(C)=O)nn6)cc(c4OC(C)C)Cc4cccc(c4OC(C)C)C5)nn3)C(OC(C)=O)C2OC(C)=O)C(OC(C)=O)C(OC(C)=O)C1OC(C)=O. The van der Waals surface area contributed by atoms with Gasteiger partial charge in [0.15, 0.2) is 86.2 Å². The molecule has 0 N–H and O–H groups in total. The number of hydrogen-bond donors (Lipinski definition) is 0. The molecule has 4 saturated heterocycles. The highest BCUT2D eigenvalue weighted by molar-refractivity contribution is 5.72. The summed E-state index contributed by atoms with van der Waals surface area (Å²) < 4.78 is 161. The molecular weight excluding hydrogens is 1930 g/mol. The third-order valence-electron chi connectivity index (χ3n) is 22.3. The number of ether oxygens (including phenoxy) is 26. The maximum absolute atomic E-state index is 13.4. The van der Waals surface area contributed by atoms with Crippen LogP contribution in [0.5, 0.6) is 23.0 Å². The van der Waals surface area contributed by atoms with Crippen molar-refractivity contribution in [1.29, 1.82) is 0 Å². The minimum Gasteiger partial charge on any atom is -0.490 e. The summed E-state index contributed by atoms with van der Waals surface area (Å²) >= 11 is 0. The Morgan fingerprint density at radius 3 is 0.753 bits per heavy atom. The lowest BCUT2D eigenvalue weighted by atomic mass is 9.89. The zero-order valence-electron chi connectivity index (χ0n) is 85.3. The van der Waals surface area contributed by atoms with Crippen LogP contribution in [0.3, 0.4) is 0 Å². The Morgan fingerprint density at radius 1 is 0.288 bits per heavy atom. The van der Waals surface area contributed by atoms with E-state index in [9.17, 15) is 67.1 Å². The second kappa shape index (κ2) is 51.6. The van der Waals surface area contributed by atoms with Crippen molar-refractivity contribution in [2.45, 2.75) is 352 Å². The van der Waals surface area contributed by atoms with Gasteiger partial charge in [0, 0.05) is 123 Å². The van der Waals surface area contributed by atoms with Gasteiger partial charge in [0.05, 0.1) is 63.1 Å². The summed E-state index contributed by atoms with van der Waals surface area (Å²) in [5, 5.41) is 18.1. The van der Waals surface area contributed by atoms with Gasteiger partial charge in [0.1, 0.15) is 97.4 Å². The highest BCUT2D eigenvalue weighted by atomic mass is 16.8. The molecule has 2 aromatic heterocycles. The van der Waals surface area contributed by atoms with Gasteiger partial charge in [-0.25, -0.2) is 9.36 Å². The summed E-state index contributed by atoms with van der Waals surface area (Å²) in [5.41, 5.74) is 8.15. The first-order chi connectivity index (χ1) is 69.1. The largest absolute Gasteiger partial charge is 0.490 e. The molecule has 0 radical (unpaired) electrons. The van der Waals surface area contributed by atoms with E-state index in [1.54, 1.807) is 21.8 Å². The number of esters is 14. The van der Waals surface area contributed by atoms with Gasteiger partial charge in [-0.3, -0.25) is 67.1 Å². The third kappa shape index (κ3) is 31.8. The predicted molar refractivity (Wildman–Crippen MR) is 494 cm³/mol. The quantitative estimate of drug-likeness (QED) is 0.0274. The zero-order chi connectivity index (χ0) is 107. The lowest BCUT2D eigenvalue weighted by Gasteiger charge is -2.48. The van der Waals surface area contributed by atoms with E-state index < -0.39 is 246 Å². The van der Waals surface area contributed by atoms with E-state index >= 15 is 0 Å². The number of aromatic nitrogens is 6. The van der Waals surface area contributed by atoms with Gasteiger partial charge in [-0.1, -0.05) is 46.8 Å². The molecule has 146 heavy (non-hydrogen) atoms. The van der Waals surface area contributed by atoms with Gasteiger partial charge >= 0.3 is 83.6 Å². The van der Waals surface area contributed by atoms with Gasteiger partial charge in [0.2, 0.25) is 0 Å². The fraction of sp³-hybridized carbons (Fsp3) is 0.580. The van der Waals surface area contributed by atoms with Gasteiger partial charge in [0.25, 0.3) is 0 Å². The number of nitrogens with zero attached hydrogens (tertiary/aromatic N) is 6. The van der Waals surface area contributed by atoms with Gasteiger partial charge in [-0.2, -0.15) is 0 Å². The molecule has 0 spiro atoms. The average Bonchev–Trinajstić information content (AvgIpc) is 0.832. The number of fused-ring (bicyclic) bond motifs is 8. The molecule has 20 atom stereocenters. The topological polar surface area (TPSA) is 540 Å². The molecule has 1 aliphatic carbocycles. The normalized spacial score (nSPS) is 24.3. The van der Waals surface area contributed by atoms with Gasteiger partial charge in [-0.15, -0.1) is 10.2 Å². The maximum Gasteiger partial charge on any atom is 0.303 e. The highest BCUT2D eigenvalue weighted by Gasteiger charge is 2.61. The molecule has 796 valence electrons. The van der Waals surface area contributed by atoms with E-state index in [-0.39, 0.29) is 74.6 Å². The van der Waals surface area contributed by atoms with Crippen molar-refractivity contribution in [3.05, 3.63) is 140 Å². The van der Waals surface area contributed by atoms with Crippen LogP contribution in [0.4, 0.5) is 0 Å². The molecule has 6 aromatic rings. The first-order valence-corrected chi connectivity index (χ1v) is 47.5. The molecule has 46 heteroatoms. The molecule has 11 rings (SSSR count). The monoisotopic (exact) mass is 2050 g/mol. The Morgan fingerprint density at radius 2 is 0.507 bits per heavy atom. The minimum absolute atomic E-state index is 0.0935. The van der Waals surface area contributed by atoms with Crippen LogP contribution >= 0.6 is 0 Å². The summed E-state index contributed by atoms with van der Waals surface area (Å²) in [6.45, 7) is 26.9. The minimum atomic E-state index is -1.93. The smallest absolute Gasteiger partial charge is 0.303 e. The van der Waals surface area contributed by atoms with Crippen molar-refractivity contribution in [3.8, 4) is 23.0 Å². The van der Waals surface area contributed by atoms with Crippen LogP contribution in [0.2, 0.25) is 0 Å². The van der Waals surface area contributed by atoms with Crippen molar-refractivity contribution in [2.75, 3.05) is 26.4 Å². The lowest BCUT2D eigenvalue weighted by molar-refractivity contribution is -0.362. The van der Waals surface area contributed by atoms with E-state index in [2.05, 4.69) is 20.6 Å². The van der Waals surface area contributed by atoms with E-state index in [0.717, 1.165) is 153 Å². The summed E-state index contributed by atoms with van der Waals surface area (Å²) in [4.78, 5) is 180. The Bertz CT molecular complexity index is 5230. The molecular formula is C100H126N6O40. The van der Waals surface area contributed by atoms with Crippen LogP contribution in [-0.2, 0) is 223 Å².